The highest BCUT2D eigenvalue weighted by Crippen LogP contribution is 2.26. The van der Waals surface area contributed by atoms with Gasteiger partial charge in [-0.25, -0.2) is 0 Å². The van der Waals surface area contributed by atoms with E-state index in [4.69, 9.17) is 10.00 Å². The molecule has 0 saturated heterocycles. The number of nitrogens with one attached hydrogen (secondary N) is 1. The summed E-state index contributed by atoms with van der Waals surface area (Å²) in [6, 6.07) is 13.7. The van der Waals surface area contributed by atoms with E-state index in [2.05, 4.69) is 11.4 Å². The Kier molecular flexibility index (Phi) is 5.93. The van der Waals surface area contributed by atoms with E-state index >= 15 is 0 Å². The number of rotatable bonds is 7. The van der Waals surface area contributed by atoms with Crippen LogP contribution in [0.1, 0.15) is 50.5 Å². The van der Waals surface area contributed by atoms with Gasteiger partial charge >= 0.3 is 0 Å². The standard InChI is InChI=1S/C22H21N3O4/c1-3-29-19-9-8-15(10-18(19)20(26)24-12-14(2)11-23)13-25-21(27)16-6-4-5-7-17(16)22(25)28/h4-10,14H,3,12-13H2,1-2H3,(H,24,26)/t14-/m0/s1. The van der Waals surface area contributed by atoms with Crippen molar-refractivity contribution in [2.45, 2.75) is 20.4 Å². The monoisotopic (exact) mass is 391 g/mol. The maximum absolute atomic E-state index is 12.6. The van der Waals surface area contributed by atoms with Crippen LogP contribution in [-0.4, -0.2) is 35.8 Å². The van der Waals surface area contributed by atoms with E-state index < -0.39 is 0 Å². The average molecular weight is 391 g/mol. The molecule has 0 saturated carbocycles. The molecule has 3 amide bonds. The van der Waals surface area contributed by atoms with Crippen LogP contribution in [0.4, 0.5) is 0 Å². The van der Waals surface area contributed by atoms with Crippen molar-refractivity contribution >= 4 is 17.7 Å². The van der Waals surface area contributed by atoms with Crippen molar-refractivity contribution in [1.82, 2.24) is 10.2 Å². The van der Waals surface area contributed by atoms with Gasteiger partial charge in [-0.2, -0.15) is 5.26 Å². The van der Waals surface area contributed by atoms with Crippen LogP contribution >= 0.6 is 0 Å². The quantitative estimate of drug-likeness (QED) is 0.732. The summed E-state index contributed by atoms with van der Waals surface area (Å²) >= 11 is 0. The van der Waals surface area contributed by atoms with Crippen LogP contribution < -0.4 is 10.1 Å². The van der Waals surface area contributed by atoms with Gasteiger partial charge in [0.05, 0.1) is 41.8 Å². The molecule has 1 atom stereocenters. The molecule has 0 fully saturated rings. The summed E-state index contributed by atoms with van der Waals surface area (Å²) in [6.07, 6.45) is 0. The number of hydrogen-bond acceptors (Lipinski definition) is 5. The van der Waals surface area contributed by atoms with Crippen LogP contribution in [0.2, 0.25) is 0 Å². The van der Waals surface area contributed by atoms with E-state index in [1.807, 2.05) is 6.92 Å². The van der Waals surface area contributed by atoms with Crippen LogP contribution in [-0.2, 0) is 6.54 Å². The Morgan fingerprint density at radius 3 is 2.41 bits per heavy atom. The number of fused-ring (bicyclic) bond motifs is 1. The van der Waals surface area contributed by atoms with Gasteiger partial charge in [0.25, 0.3) is 17.7 Å². The lowest BCUT2D eigenvalue weighted by Gasteiger charge is -2.16. The maximum atomic E-state index is 12.6. The van der Waals surface area contributed by atoms with Gasteiger partial charge in [0, 0.05) is 6.54 Å². The number of carbonyl (C=O) groups excluding carboxylic acids is 3. The first-order valence-corrected chi connectivity index (χ1v) is 9.35. The zero-order chi connectivity index (χ0) is 21.0. The highest BCUT2D eigenvalue weighted by Gasteiger charge is 2.35. The molecule has 0 aliphatic carbocycles. The van der Waals surface area contributed by atoms with Crippen LogP contribution in [0, 0.1) is 17.2 Å². The fourth-order valence-electron chi connectivity index (χ4n) is 3.09. The predicted molar refractivity (Wildman–Crippen MR) is 105 cm³/mol. The zero-order valence-corrected chi connectivity index (χ0v) is 16.3. The van der Waals surface area contributed by atoms with Crippen molar-refractivity contribution in [3.8, 4) is 11.8 Å². The summed E-state index contributed by atoms with van der Waals surface area (Å²) < 4.78 is 5.54. The molecule has 0 aromatic heterocycles. The number of nitrogens with zero attached hydrogens (tertiary/aromatic N) is 2. The third-order valence-corrected chi connectivity index (χ3v) is 4.60. The second-order valence-corrected chi connectivity index (χ2v) is 6.75. The second kappa shape index (κ2) is 8.57. The molecule has 148 valence electrons. The van der Waals surface area contributed by atoms with Gasteiger partial charge in [0.15, 0.2) is 0 Å². The summed E-state index contributed by atoms with van der Waals surface area (Å²) in [5.74, 6) is -1.00. The summed E-state index contributed by atoms with van der Waals surface area (Å²) in [6.45, 7) is 4.17. The SMILES string of the molecule is CCOc1ccc(CN2C(=O)c3ccccc3C2=O)cc1C(=O)NC[C@@H](C)C#N. The summed E-state index contributed by atoms with van der Waals surface area (Å²) in [5.41, 5.74) is 1.69. The van der Waals surface area contributed by atoms with Gasteiger partial charge in [0.2, 0.25) is 0 Å². The number of benzene rings is 2. The van der Waals surface area contributed by atoms with Crippen molar-refractivity contribution < 1.29 is 19.1 Å². The Morgan fingerprint density at radius 2 is 1.83 bits per heavy atom. The van der Waals surface area contributed by atoms with E-state index in [9.17, 15) is 14.4 Å². The summed E-state index contributed by atoms with van der Waals surface area (Å²) in [5, 5.41) is 11.6. The van der Waals surface area contributed by atoms with E-state index in [0.29, 0.717) is 34.6 Å². The highest BCUT2D eigenvalue weighted by atomic mass is 16.5. The Bertz CT molecular complexity index is 974. The minimum Gasteiger partial charge on any atom is -0.493 e. The van der Waals surface area contributed by atoms with Gasteiger partial charge in [0.1, 0.15) is 5.75 Å². The molecule has 1 aliphatic rings. The molecule has 7 heteroatoms. The summed E-state index contributed by atoms with van der Waals surface area (Å²) in [7, 11) is 0. The lowest BCUT2D eigenvalue weighted by molar-refractivity contribution is 0.0642. The average Bonchev–Trinajstić information content (AvgIpc) is 2.98. The lowest BCUT2D eigenvalue weighted by Crippen LogP contribution is -2.30. The number of amides is 3. The van der Waals surface area contributed by atoms with Crippen molar-refractivity contribution in [2.24, 2.45) is 5.92 Å². The number of ether oxygens (including phenoxy) is 1. The molecular weight excluding hydrogens is 370 g/mol. The van der Waals surface area contributed by atoms with Crippen molar-refractivity contribution in [3.63, 3.8) is 0 Å². The molecule has 0 radical (unpaired) electrons. The third-order valence-electron chi connectivity index (χ3n) is 4.60. The normalized spacial score (nSPS) is 13.6. The van der Waals surface area contributed by atoms with Crippen molar-refractivity contribution in [2.75, 3.05) is 13.2 Å². The smallest absolute Gasteiger partial charge is 0.261 e. The number of carbonyl (C=O) groups is 3. The third kappa shape index (κ3) is 4.11. The van der Waals surface area contributed by atoms with E-state index in [-0.39, 0.29) is 36.7 Å². The van der Waals surface area contributed by atoms with Crippen molar-refractivity contribution in [1.29, 1.82) is 5.26 Å². The molecule has 3 rings (SSSR count). The molecule has 1 aliphatic heterocycles. The van der Waals surface area contributed by atoms with Gasteiger partial charge in [-0.05, 0) is 43.7 Å². The van der Waals surface area contributed by atoms with Crippen LogP contribution in [0.5, 0.6) is 5.75 Å². The predicted octanol–water partition coefficient (Wildman–Crippen LogP) is 2.77. The maximum Gasteiger partial charge on any atom is 0.261 e. The molecule has 1 heterocycles. The van der Waals surface area contributed by atoms with Gasteiger partial charge in [-0.15, -0.1) is 0 Å². The molecule has 0 unspecified atom stereocenters. The molecule has 0 spiro atoms. The minimum absolute atomic E-state index is 0.0492. The Labute approximate surface area is 168 Å². The minimum atomic E-state index is -0.375. The van der Waals surface area contributed by atoms with Crippen molar-refractivity contribution in [3.05, 3.63) is 64.7 Å². The molecule has 2 aromatic carbocycles. The second-order valence-electron chi connectivity index (χ2n) is 6.75. The fraction of sp³-hybridized carbons (Fsp3) is 0.273. The first-order chi connectivity index (χ1) is 14.0. The first-order valence-electron chi connectivity index (χ1n) is 9.35. The summed E-state index contributed by atoms with van der Waals surface area (Å²) in [4.78, 5) is 38.9. The molecular formula is C22H21N3O4. The fourth-order valence-corrected chi connectivity index (χ4v) is 3.09. The van der Waals surface area contributed by atoms with Crippen LogP contribution in [0.25, 0.3) is 0 Å². The van der Waals surface area contributed by atoms with Crippen LogP contribution in [0.3, 0.4) is 0 Å². The topological polar surface area (TPSA) is 99.5 Å². The Balaban J connectivity index is 1.84. The number of nitriles is 1. The van der Waals surface area contributed by atoms with Crippen LogP contribution in [0.15, 0.2) is 42.5 Å². The van der Waals surface area contributed by atoms with Gasteiger partial charge in [-0.1, -0.05) is 18.2 Å². The number of hydrogen-bond donors (Lipinski definition) is 1. The molecule has 2 aromatic rings. The zero-order valence-electron chi connectivity index (χ0n) is 16.3. The Hall–Kier alpha value is -3.66. The van der Waals surface area contributed by atoms with E-state index in [0.717, 1.165) is 0 Å². The molecule has 29 heavy (non-hydrogen) atoms. The largest absolute Gasteiger partial charge is 0.493 e. The van der Waals surface area contributed by atoms with Gasteiger partial charge < -0.3 is 10.1 Å². The number of imide groups is 1. The molecule has 7 nitrogen and oxygen atoms in total. The lowest BCUT2D eigenvalue weighted by atomic mass is 10.1. The van der Waals surface area contributed by atoms with E-state index in [1.54, 1.807) is 49.4 Å². The van der Waals surface area contributed by atoms with Gasteiger partial charge in [-0.3, -0.25) is 19.3 Å². The molecule has 1 N–H and O–H groups in total. The molecule has 0 bridgehead atoms. The van der Waals surface area contributed by atoms with E-state index in [1.165, 1.54) is 4.90 Å². The highest BCUT2D eigenvalue weighted by molar-refractivity contribution is 6.21. The Morgan fingerprint density at radius 1 is 1.17 bits per heavy atom. The first kappa shape index (κ1) is 20.1.